The van der Waals surface area contributed by atoms with E-state index >= 15 is 0 Å². The van der Waals surface area contributed by atoms with Gasteiger partial charge in [-0.1, -0.05) is 0 Å². The number of halogens is 1. The van der Waals surface area contributed by atoms with Crippen molar-refractivity contribution in [2.45, 2.75) is 20.8 Å². The molecule has 8 nitrogen and oxygen atoms in total. The van der Waals surface area contributed by atoms with Crippen molar-refractivity contribution in [3.8, 4) is 5.69 Å². The number of primary amides is 1. The number of benzene rings is 1. The number of anilines is 1. The predicted octanol–water partition coefficient (Wildman–Crippen LogP) is 2.63. The molecule has 0 bridgehead atoms. The van der Waals surface area contributed by atoms with Gasteiger partial charge in [-0.25, -0.2) is 4.68 Å². The van der Waals surface area contributed by atoms with Crippen molar-refractivity contribution in [3.63, 3.8) is 0 Å². The summed E-state index contributed by atoms with van der Waals surface area (Å²) in [6.45, 7) is 5.57. The van der Waals surface area contributed by atoms with Gasteiger partial charge in [-0.05, 0) is 61.0 Å². The minimum Gasteiger partial charge on any atom is -0.364 e. The van der Waals surface area contributed by atoms with E-state index in [1.807, 2.05) is 13.8 Å². The number of amides is 2. The fraction of sp³-hybridized carbons (Fsp3) is 0.176. The number of hydrogen-bond donors (Lipinski definition) is 3. The monoisotopic (exact) mass is 416 g/mol. The van der Waals surface area contributed by atoms with Gasteiger partial charge in [0, 0.05) is 5.56 Å². The molecule has 2 aromatic heterocycles. The lowest BCUT2D eigenvalue weighted by molar-refractivity contribution is 0.0996. The number of aromatic amines is 1. The van der Waals surface area contributed by atoms with Crippen molar-refractivity contribution >= 4 is 33.4 Å². The first-order chi connectivity index (χ1) is 12.3. The SMILES string of the molecule is Cc1nn(-c2ccc(C(=O)Nc3c(C(N)=O)n[nH]c3C)cc2)c(C)c1Br. The van der Waals surface area contributed by atoms with Crippen molar-refractivity contribution in [2.24, 2.45) is 5.73 Å². The number of carbonyl (C=O) groups excluding carboxylic acids is 2. The van der Waals surface area contributed by atoms with Crippen LogP contribution in [0.15, 0.2) is 28.7 Å². The maximum Gasteiger partial charge on any atom is 0.271 e. The van der Waals surface area contributed by atoms with Crippen LogP contribution in [0.5, 0.6) is 0 Å². The van der Waals surface area contributed by atoms with Crippen LogP contribution in [-0.4, -0.2) is 31.8 Å². The molecule has 0 aliphatic heterocycles. The molecule has 0 saturated carbocycles. The van der Waals surface area contributed by atoms with Gasteiger partial charge in [0.05, 0.1) is 32.9 Å². The maximum atomic E-state index is 12.5. The molecule has 0 atom stereocenters. The van der Waals surface area contributed by atoms with Crippen molar-refractivity contribution in [1.29, 1.82) is 0 Å². The number of nitrogens with one attached hydrogen (secondary N) is 2. The Morgan fingerprint density at radius 2 is 1.85 bits per heavy atom. The van der Waals surface area contributed by atoms with Crippen LogP contribution in [0.4, 0.5) is 5.69 Å². The van der Waals surface area contributed by atoms with E-state index in [0.29, 0.717) is 11.3 Å². The minimum atomic E-state index is -0.713. The largest absolute Gasteiger partial charge is 0.364 e. The molecule has 2 amide bonds. The number of aromatic nitrogens is 4. The molecular formula is C17H17BrN6O2. The van der Waals surface area contributed by atoms with Gasteiger partial charge in [0.1, 0.15) is 0 Å². The van der Waals surface area contributed by atoms with Gasteiger partial charge in [-0.15, -0.1) is 0 Å². The van der Waals surface area contributed by atoms with E-state index in [9.17, 15) is 9.59 Å². The zero-order valence-electron chi connectivity index (χ0n) is 14.4. The fourth-order valence-electron chi connectivity index (χ4n) is 2.58. The zero-order chi connectivity index (χ0) is 19.0. The second-order valence-corrected chi connectivity index (χ2v) is 6.63. The summed E-state index contributed by atoms with van der Waals surface area (Å²) in [6, 6.07) is 6.98. The summed E-state index contributed by atoms with van der Waals surface area (Å²) in [6.07, 6.45) is 0. The van der Waals surface area contributed by atoms with Gasteiger partial charge in [0.15, 0.2) is 5.69 Å². The number of hydrogen-bond acceptors (Lipinski definition) is 4. The number of nitrogens with zero attached hydrogens (tertiary/aromatic N) is 3. The highest BCUT2D eigenvalue weighted by Crippen LogP contribution is 2.23. The molecule has 3 rings (SSSR count). The highest BCUT2D eigenvalue weighted by Gasteiger charge is 2.18. The standard InChI is InChI=1S/C17H17BrN6O2/c1-8-13(18)10(3)24(23-8)12-6-4-11(5-7-12)17(26)20-14-9(2)21-22-15(14)16(19)25/h4-7H,1-3H3,(H2,19,25)(H,20,26)(H,21,22). The summed E-state index contributed by atoms with van der Waals surface area (Å²) in [5.74, 6) is -1.08. The Bertz CT molecular complexity index is 1000. The van der Waals surface area contributed by atoms with E-state index in [2.05, 4.69) is 36.5 Å². The maximum absolute atomic E-state index is 12.5. The molecule has 4 N–H and O–H groups in total. The molecule has 134 valence electrons. The molecule has 3 aromatic rings. The number of H-pyrrole nitrogens is 1. The Labute approximate surface area is 157 Å². The quantitative estimate of drug-likeness (QED) is 0.605. The molecule has 0 unspecified atom stereocenters. The van der Waals surface area contributed by atoms with Crippen LogP contribution in [0.25, 0.3) is 5.69 Å². The second kappa shape index (κ2) is 6.75. The number of rotatable bonds is 4. The molecule has 0 aliphatic carbocycles. The van der Waals surface area contributed by atoms with Crippen LogP contribution in [0.3, 0.4) is 0 Å². The Kier molecular flexibility index (Phi) is 4.64. The lowest BCUT2D eigenvalue weighted by atomic mass is 10.2. The van der Waals surface area contributed by atoms with Crippen LogP contribution in [0.2, 0.25) is 0 Å². The summed E-state index contributed by atoms with van der Waals surface area (Å²) in [5, 5.41) is 13.6. The van der Waals surface area contributed by atoms with Crippen molar-refractivity contribution in [3.05, 3.63) is 57.1 Å². The molecule has 2 heterocycles. The fourth-order valence-corrected chi connectivity index (χ4v) is 2.82. The normalized spacial score (nSPS) is 10.8. The van der Waals surface area contributed by atoms with Crippen molar-refractivity contribution in [2.75, 3.05) is 5.32 Å². The third kappa shape index (κ3) is 3.13. The highest BCUT2D eigenvalue weighted by atomic mass is 79.9. The predicted molar refractivity (Wildman–Crippen MR) is 101 cm³/mol. The minimum absolute atomic E-state index is 0.0000357. The third-order valence-corrected chi connectivity index (χ3v) is 5.14. The molecule has 1 aromatic carbocycles. The van der Waals surface area contributed by atoms with Crippen molar-refractivity contribution in [1.82, 2.24) is 20.0 Å². The topological polar surface area (TPSA) is 119 Å². The summed E-state index contributed by atoms with van der Waals surface area (Å²) < 4.78 is 2.75. The summed E-state index contributed by atoms with van der Waals surface area (Å²) in [4.78, 5) is 23.9. The summed E-state index contributed by atoms with van der Waals surface area (Å²) >= 11 is 3.50. The first-order valence-corrected chi connectivity index (χ1v) is 8.57. The molecule has 0 radical (unpaired) electrons. The molecule has 26 heavy (non-hydrogen) atoms. The van der Waals surface area contributed by atoms with Gasteiger partial charge in [0.25, 0.3) is 11.8 Å². The average Bonchev–Trinajstić information content (AvgIpc) is 3.10. The lowest BCUT2D eigenvalue weighted by Crippen LogP contribution is -2.18. The average molecular weight is 417 g/mol. The molecular weight excluding hydrogens is 400 g/mol. The Hall–Kier alpha value is -2.94. The smallest absolute Gasteiger partial charge is 0.271 e. The first kappa shape index (κ1) is 17.9. The molecule has 0 saturated heterocycles. The van der Waals surface area contributed by atoms with Gasteiger partial charge < -0.3 is 11.1 Å². The van der Waals surface area contributed by atoms with Crippen LogP contribution in [0, 0.1) is 20.8 Å². The first-order valence-electron chi connectivity index (χ1n) is 7.78. The van der Waals surface area contributed by atoms with Crippen molar-refractivity contribution < 1.29 is 9.59 Å². The number of nitrogens with two attached hydrogens (primary N) is 1. The third-order valence-electron chi connectivity index (χ3n) is 4.00. The van der Waals surface area contributed by atoms with E-state index < -0.39 is 5.91 Å². The number of carbonyl (C=O) groups is 2. The van der Waals surface area contributed by atoms with Gasteiger partial charge in [0.2, 0.25) is 0 Å². The van der Waals surface area contributed by atoms with Crippen LogP contribution in [0.1, 0.15) is 37.9 Å². The molecule has 9 heteroatoms. The molecule has 0 fully saturated rings. The van der Waals surface area contributed by atoms with E-state index in [-0.39, 0.29) is 17.3 Å². The van der Waals surface area contributed by atoms with Gasteiger partial charge >= 0.3 is 0 Å². The van der Waals surface area contributed by atoms with Crippen LogP contribution >= 0.6 is 15.9 Å². The second-order valence-electron chi connectivity index (χ2n) is 5.83. The highest BCUT2D eigenvalue weighted by molar-refractivity contribution is 9.10. The van der Waals surface area contributed by atoms with Gasteiger partial charge in [-0.3, -0.25) is 14.7 Å². The summed E-state index contributed by atoms with van der Waals surface area (Å²) in [5.41, 5.74) is 9.24. The van der Waals surface area contributed by atoms with E-state index in [4.69, 9.17) is 5.73 Å². The van der Waals surface area contributed by atoms with Gasteiger partial charge in [-0.2, -0.15) is 10.2 Å². The van der Waals surface area contributed by atoms with E-state index in [1.165, 1.54) is 0 Å². The summed E-state index contributed by atoms with van der Waals surface area (Å²) in [7, 11) is 0. The van der Waals surface area contributed by atoms with Crippen LogP contribution in [-0.2, 0) is 0 Å². The Morgan fingerprint density at radius 3 is 2.38 bits per heavy atom. The number of aryl methyl sites for hydroxylation is 2. The Balaban J connectivity index is 1.85. The molecule has 0 spiro atoms. The Morgan fingerprint density at radius 1 is 1.19 bits per heavy atom. The van der Waals surface area contributed by atoms with E-state index in [1.54, 1.807) is 35.9 Å². The molecule has 0 aliphatic rings. The van der Waals surface area contributed by atoms with Crippen LogP contribution < -0.4 is 11.1 Å². The lowest BCUT2D eigenvalue weighted by Gasteiger charge is -2.08. The van der Waals surface area contributed by atoms with E-state index in [0.717, 1.165) is 21.5 Å². The zero-order valence-corrected chi connectivity index (χ0v) is 16.0.